The zero-order valence-corrected chi connectivity index (χ0v) is 11.4. The Balaban J connectivity index is 2.00. The Morgan fingerprint density at radius 2 is 1.76 bits per heavy atom. The molecular weight excluding hydrogens is 210 g/mol. The van der Waals surface area contributed by atoms with Crippen molar-refractivity contribution in [1.82, 2.24) is 5.32 Å². The van der Waals surface area contributed by atoms with Crippen LogP contribution in [0.4, 0.5) is 0 Å². The second-order valence-corrected chi connectivity index (χ2v) is 6.14. The Bertz CT molecular complexity index is 225. The monoisotopic (exact) mass is 239 g/mol. The third-order valence-corrected chi connectivity index (χ3v) is 5.08. The van der Waals surface area contributed by atoms with Gasteiger partial charge in [-0.05, 0) is 31.6 Å². The van der Waals surface area contributed by atoms with E-state index in [0.717, 1.165) is 0 Å². The fraction of sp³-hybridized carbons (Fsp3) is 1.00. The topological polar surface area (TPSA) is 32.3 Å². The third-order valence-electron chi connectivity index (χ3n) is 5.08. The second kappa shape index (κ2) is 6.19. The number of nitrogens with one attached hydrogen (secondary N) is 1. The number of hydrogen-bond acceptors (Lipinski definition) is 2. The predicted octanol–water partition coefficient (Wildman–Crippen LogP) is 3.24. The molecule has 2 heteroatoms. The van der Waals surface area contributed by atoms with Gasteiger partial charge in [-0.2, -0.15) is 0 Å². The maximum atomic E-state index is 9.91. The first kappa shape index (κ1) is 13.4. The lowest BCUT2D eigenvalue weighted by atomic mass is 9.71. The Morgan fingerprint density at radius 1 is 1.06 bits per heavy atom. The molecular formula is C15H29NO. The Labute approximate surface area is 106 Å². The first-order chi connectivity index (χ1) is 8.30. The highest BCUT2D eigenvalue weighted by Gasteiger charge is 2.40. The summed E-state index contributed by atoms with van der Waals surface area (Å²) in [6.45, 7) is 2.62. The molecule has 2 aliphatic carbocycles. The molecule has 2 aliphatic rings. The van der Waals surface area contributed by atoms with Crippen LogP contribution < -0.4 is 5.32 Å². The number of hydrogen-bond donors (Lipinski definition) is 2. The molecule has 0 aromatic rings. The van der Waals surface area contributed by atoms with Crippen LogP contribution in [0.1, 0.15) is 71.1 Å². The van der Waals surface area contributed by atoms with Crippen molar-refractivity contribution in [1.29, 1.82) is 0 Å². The summed E-state index contributed by atoms with van der Waals surface area (Å²) in [6, 6.07) is 0.669. The zero-order chi connectivity index (χ0) is 12.1. The van der Waals surface area contributed by atoms with Crippen molar-refractivity contribution < 1.29 is 5.11 Å². The van der Waals surface area contributed by atoms with Gasteiger partial charge in [0, 0.05) is 11.6 Å². The highest BCUT2D eigenvalue weighted by atomic mass is 16.3. The molecule has 2 unspecified atom stereocenters. The van der Waals surface area contributed by atoms with Crippen LogP contribution in [0.2, 0.25) is 0 Å². The number of rotatable bonds is 4. The van der Waals surface area contributed by atoms with Gasteiger partial charge < -0.3 is 10.4 Å². The van der Waals surface area contributed by atoms with Crippen LogP contribution in [0.5, 0.6) is 0 Å². The molecule has 0 saturated heterocycles. The van der Waals surface area contributed by atoms with Crippen molar-refractivity contribution in [3.8, 4) is 0 Å². The van der Waals surface area contributed by atoms with Crippen molar-refractivity contribution in [2.24, 2.45) is 5.92 Å². The van der Waals surface area contributed by atoms with Crippen molar-refractivity contribution in [2.75, 3.05) is 6.61 Å². The molecule has 100 valence electrons. The maximum absolute atomic E-state index is 9.91. The van der Waals surface area contributed by atoms with E-state index in [1.807, 2.05) is 0 Å². The van der Waals surface area contributed by atoms with E-state index in [9.17, 15) is 5.11 Å². The molecule has 2 atom stereocenters. The molecule has 0 aliphatic heterocycles. The molecule has 2 N–H and O–H groups in total. The van der Waals surface area contributed by atoms with E-state index in [-0.39, 0.29) is 5.54 Å². The van der Waals surface area contributed by atoms with Crippen LogP contribution in [0.3, 0.4) is 0 Å². The van der Waals surface area contributed by atoms with Gasteiger partial charge in [-0.1, -0.05) is 45.4 Å². The summed E-state index contributed by atoms with van der Waals surface area (Å²) < 4.78 is 0. The van der Waals surface area contributed by atoms with Gasteiger partial charge in [0.2, 0.25) is 0 Å². The van der Waals surface area contributed by atoms with E-state index in [2.05, 4.69) is 12.2 Å². The molecule has 2 nitrogen and oxygen atoms in total. The molecule has 17 heavy (non-hydrogen) atoms. The molecule has 0 heterocycles. The average Bonchev–Trinajstić information content (AvgIpc) is 2.40. The summed E-state index contributed by atoms with van der Waals surface area (Å²) in [6.07, 6.45) is 13.1. The van der Waals surface area contributed by atoms with Gasteiger partial charge >= 0.3 is 0 Å². The molecule has 0 radical (unpaired) electrons. The summed E-state index contributed by atoms with van der Waals surface area (Å²) >= 11 is 0. The first-order valence-corrected chi connectivity index (χ1v) is 7.69. The summed E-state index contributed by atoms with van der Waals surface area (Å²) in [5, 5.41) is 13.8. The van der Waals surface area contributed by atoms with Crippen molar-refractivity contribution in [2.45, 2.75) is 82.7 Å². The lowest BCUT2D eigenvalue weighted by Crippen LogP contribution is -2.59. The summed E-state index contributed by atoms with van der Waals surface area (Å²) in [4.78, 5) is 0. The minimum Gasteiger partial charge on any atom is -0.394 e. The normalized spacial score (nSPS) is 36.0. The lowest BCUT2D eigenvalue weighted by Gasteiger charge is -2.46. The number of aliphatic hydroxyl groups is 1. The highest BCUT2D eigenvalue weighted by molar-refractivity contribution is 4.98. The van der Waals surface area contributed by atoms with Crippen molar-refractivity contribution in [3.63, 3.8) is 0 Å². The van der Waals surface area contributed by atoms with E-state index in [4.69, 9.17) is 0 Å². The van der Waals surface area contributed by atoms with Gasteiger partial charge in [-0.15, -0.1) is 0 Å². The third kappa shape index (κ3) is 3.03. The Kier molecular flexibility index (Phi) is 4.87. The van der Waals surface area contributed by atoms with Crippen molar-refractivity contribution >= 4 is 0 Å². The van der Waals surface area contributed by atoms with Crippen LogP contribution in [0, 0.1) is 5.92 Å². The molecule has 0 amide bonds. The van der Waals surface area contributed by atoms with Gasteiger partial charge in [0.15, 0.2) is 0 Å². The van der Waals surface area contributed by atoms with E-state index in [1.165, 1.54) is 64.2 Å². The smallest absolute Gasteiger partial charge is 0.0616 e. The maximum Gasteiger partial charge on any atom is 0.0616 e. The van der Waals surface area contributed by atoms with Gasteiger partial charge in [0.1, 0.15) is 0 Å². The van der Waals surface area contributed by atoms with Crippen LogP contribution in [0.15, 0.2) is 0 Å². The van der Waals surface area contributed by atoms with E-state index >= 15 is 0 Å². The predicted molar refractivity (Wildman–Crippen MR) is 72.1 cm³/mol. The largest absolute Gasteiger partial charge is 0.394 e. The molecule has 0 aromatic heterocycles. The fourth-order valence-electron chi connectivity index (χ4n) is 4.00. The summed E-state index contributed by atoms with van der Waals surface area (Å²) in [5.74, 6) is 0.683. The van der Waals surface area contributed by atoms with Crippen LogP contribution >= 0.6 is 0 Å². The first-order valence-electron chi connectivity index (χ1n) is 7.69. The highest BCUT2D eigenvalue weighted by Crippen LogP contribution is 2.37. The van der Waals surface area contributed by atoms with Crippen LogP contribution in [-0.2, 0) is 0 Å². The minimum absolute atomic E-state index is 0.0506. The van der Waals surface area contributed by atoms with Gasteiger partial charge in [0.05, 0.1) is 6.61 Å². The van der Waals surface area contributed by atoms with Crippen molar-refractivity contribution in [3.05, 3.63) is 0 Å². The van der Waals surface area contributed by atoms with E-state index in [0.29, 0.717) is 18.6 Å². The standard InChI is InChI=1S/C15H29NO/c1-2-13-8-6-7-11-15(13,12-17)16-14-9-4-3-5-10-14/h13-14,16-17H,2-12H2,1H3. The van der Waals surface area contributed by atoms with Gasteiger partial charge in [-0.25, -0.2) is 0 Å². The van der Waals surface area contributed by atoms with Crippen LogP contribution in [0.25, 0.3) is 0 Å². The quantitative estimate of drug-likeness (QED) is 0.789. The van der Waals surface area contributed by atoms with Gasteiger partial charge in [-0.3, -0.25) is 0 Å². The zero-order valence-electron chi connectivity index (χ0n) is 11.4. The van der Waals surface area contributed by atoms with E-state index < -0.39 is 0 Å². The van der Waals surface area contributed by atoms with Gasteiger partial charge in [0.25, 0.3) is 0 Å². The molecule has 0 aromatic carbocycles. The number of aliphatic hydroxyl groups excluding tert-OH is 1. The molecule has 2 fully saturated rings. The molecule has 2 saturated carbocycles. The Morgan fingerprint density at radius 3 is 2.41 bits per heavy atom. The SMILES string of the molecule is CCC1CCCCC1(CO)NC1CCCCC1. The fourth-order valence-corrected chi connectivity index (χ4v) is 4.00. The summed E-state index contributed by atoms with van der Waals surface area (Å²) in [7, 11) is 0. The lowest BCUT2D eigenvalue weighted by molar-refractivity contribution is 0.0483. The molecule has 0 spiro atoms. The van der Waals surface area contributed by atoms with E-state index in [1.54, 1.807) is 0 Å². The molecule has 2 rings (SSSR count). The minimum atomic E-state index is 0.0506. The average molecular weight is 239 g/mol. The molecule has 0 bridgehead atoms. The second-order valence-electron chi connectivity index (χ2n) is 6.14. The van der Waals surface area contributed by atoms with Crippen LogP contribution in [-0.4, -0.2) is 23.3 Å². The Hall–Kier alpha value is -0.0800. The summed E-state index contributed by atoms with van der Waals surface area (Å²) in [5.41, 5.74) is 0.0506.